The average Bonchev–Trinajstić information content (AvgIpc) is 3.05. The van der Waals surface area contributed by atoms with Crippen LogP contribution in [0.1, 0.15) is 68.6 Å². The normalized spacial score (nSPS) is 13.9. The molecule has 0 atom stereocenters. The number of carbonyl (C=O) groups excluding carboxylic acids is 5. The molecule has 2 heterocycles. The van der Waals surface area contributed by atoms with Crippen molar-refractivity contribution in [2.45, 2.75) is 27.2 Å². The van der Waals surface area contributed by atoms with Crippen molar-refractivity contribution in [2.24, 2.45) is 0 Å². The molecule has 0 bridgehead atoms. The van der Waals surface area contributed by atoms with Gasteiger partial charge in [-0.2, -0.15) is 0 Å². The first-order valence-electron chi connectivity index (χ1n) is 15.5. The topological polar surface area (TPSA) is 98.3 Å². The molecule has 6 rings (SSSR count). The minimum Gasteiger partial charge on any atom is -0.341 e. The second-order valence-electron chi connectivity index (χ2n) is 11.1. The molecule has 5 amide bonds. The van der Waals surface area contributed by atoms with E-state index in [1.165, 1.54) is 16.7 Å². The number of hydrogen-bond acceptors (Lipinski definition) is 6. The van der Waals surface area contributed by atoms with Crippen LogP contribution in [0.4, 0.5) is 0 Å². The van der Waals surface area contributed by atoms with Gasteiger partial charge in [0.1, 0.15) is 0 Å². The third-order valence-electron chi connectivity index (χ3n) is 8.42. The summed E-state index contributed by atoms with van der Waals surface area (Å²) in [5.41, 5.74) is 2.07. The highest BCUT2D eigenvalue weighted by atomic mass is 16.2. The second kappa shape index (κ2) is 13.4. The lowest BCUT2D eigenvalue weighted by molar-refractivity contribution is -0.129. The van der Waals surface area contributed by atoms with E-state index in [0.717, 1.165) is 10.8 Å². The summed E-state index contributed by atoms with van der Waals surface area (Å²) in [5, 5.41) is 3.11. The number of nitrogens with zero attached hydrogens (tertiary/aromatic N) is 4. The molecule has 4 aromatic rings. The zero-order chi connectivity index (χ0) is 32.2. The van der Waals surface area contributed by atoms with Crippen molar-refractivity contribution < 1.29 is 24.0 Å². The molecule has 0 spiro atoms. The van der Waals surface area contributed by atoms with Gasteiger partial charge in [-0.05, 0) is 55.1 Å². The molecule has 9 nitrogen and oxygen atoms in total. The van der Waals surface area contributed by atoms with E-state index in [0.29, 0.717) is 59.1 Å². The SMILES string of the molecule is CC.CC(=O)N(CCCN(C)CCN1C(=O)c2cccc3cccc(c23)C1=O)CCN1C(=O)c2cccc3cccc(c23)C1=O. The van der Waals surface area contributed by atoms with E-state index in [-0.39, 0.29) is 49.2 Å². The third kappa shape index (κ3) is 5.95. The first kappa shape index (κ1) is 31.5. The molecule has 0 N–H and O–H groups in total. The lowest BCUT2D eigenvalue weighted by Gasteiger charge is -2.30. The van der Waals surface area contributed by atoms with Crippen molar-refractivity contribution in [3.8, 4) is 0 Å². The van der Waals surface area contributed by atoms with E-state index in [1.807, 2.05) is 74.3 Å². The zero-order valence-electron chi connectivity index (χ0n) is 26.2. The van der Waals surface area contributed by atoms with Gasteiger partial charge >= 0.3 is 0 Å². The van der Waals surface area contributed by atoms with Gasteiger partial charge in [-0.25, -0.2) is 0 Å². The highest BCUT2D eigenvalue weighted by molar-refractivity contribution is 6.26. The number of rotatable bonds is 10. The van der Waals surface area contributed by atoms with Crippen LogP contribution in [0.15, 0.2) is 72.8 Å². The third-order valence-corrected chi connectivity index (χ3v) is 8.42. The molecule has 232 valence electrons. The van der Waals surface area contributed by atoms with Gasteiger partial charge in [0.2, 0.25) is 5.91 Å². The minimum absolute atomic E-state index is 0.102. The van der Waals surface area contributed by atoms with Gasteiger partial charge in [-0.3, -0.25) is 33.8 Å². The van der Waals surface area contributed by atoms with Crippen molar-refractivity contribution in [3.63, 3.8) is 0 Å². The fourth-order valence-electron chi connectivity index (χ4n) is 6.13. The molecule has 2 aliphatic heterocycles. The average molecular weight is 607 g/mol. The van der Waals surface area contributed by atoms with Crippen LogP contribution in [0.2, 0.25) is 0 Å². The Morgan fingerprint density at radius 2 is 0.956 bits per heavy atom. The van der Waals surface area contributed by atoms with Gasteiger partial charge < -0.3 is 9.80 Å². The molecule has 9 heteroatoms. The van der Waals surface area contributed by atoms with E-state index in [1.54, 1.807) is 29.2 Å². The van der Waals surface area contributed by atoms with Gasteiger partial charge in [-0.15, -0.1) is 0 Å². The van der Waals surface area contributed by atoms with Crippen LogP contribution < -0.4 is 0 Å². The molecule has 2 aliphatic rings. The molecule has 0 unspecified atom stereocenters. The summed E-state index contributed by atoms with van der Waals surface area (Å²) in [6.45, 7) is 7.62. The summed E-state index contributed by atoms with van der Waals surface area (Å²) in [4.78, 5) is 71.4. The smallest absolute Gasteiger partial charge is 0.261 e. The maximum absolute atomic E-state index is 13.2. The number of likely N-dealkylation sites (N-methyl/N-ethyl adjacent to an activating group) is 1. The number of hydrogen-bond donors (Lipinski definition) is 0. The molecular weight excluding hydrogens is 568 g/mol. The molecule has 0 fully saturated rings. The highest BCUT2D eigenvalue weighted by Crippen LogP contribution is 2.31. The highest BCUT2D eigenvalue weighted by Gasteiger charge is 2.34. The Morgan fingerprint density at radius 3 is 1.33 bits per heavy atom. The lowest BCUT2D eigenvalue weighted by Crippen LogP contribution is -2.46. The summed E-state index contributed by atoms with van der Waals surface area (Å²) in [7, 11) is 1.91. The van der Waals surface area contributed by atoms with Gasteiger partial charge in [0.05, 0.1) is 0 Å². The molecule has 0 aromatic heterocycles. The van der Waals surface area contributed by atoms with E-state index in [2.05, 4.69) is 0 Å². The summed E-state index contributed by atoms with van der Waals surface area (Å²) in [5.74, 6) is -1.41. The van der Waals surface area contributed by atoms with Gasteiger partial charge in [0.25, 0.3) is 23.6 Å². The first-order chi connectivity index (χ1) is 21.8. The Kier molecular flexibility index (Phi) is 9.39. The number of amides is 5. The summed E-state index contributed by atoms with van der Waals surface area (Å²) in [6.07, 6.45) is 0.643. The maximum Gasteiger partial charge on any atom is 0.261 e. The van der Waals surface area contributed by atoms with Crippen LogP contribution in [0.3, 0.4) is 0 Å². The maximum atomic E-state index is 13.2. The predicted octanol–water partition coefficient (Wildman–Crippen LogP) is 5.08. The Morgan fingerprint density at radius 1 is 0.578 bits per heavy atom. The van der Waals surface area contributed by atoms with Crippen LogP contribution >= 0.6 is 0 Å². The number of carbonyl (C=O) groups is 5. The van der Waals surface area contributed by atoms with Crippen molar-refractivity contribution in [3.05, 3.63) is 95.1 Å². The Bertz CT molecular complexity index is 1710. The van der Waals surface area contributed by atoms with Crippen LogP contribution in [-0.2, 0) is 4.79 Å². The van der Waals surface area contributed by atoms with Crippen molar-refractivity contribution in [1.29, 1.82) is 0 Å². The summed E-state index contributed by atoms with van der Waals surface area (Å²) < 4.78 is 0. The van der Waals surface area contributed by atoms with Crippen LogP contribution in [0.25, 0.3) is 21.5 Å². The Hall–Kier alpha value is -4.89. The lowest BCUT2D eigenvalue weighted by atomic mass is 9.94. The number of benzene rings is 4. The van der Waals surface area contributed by atoms with Crippen LogP contribution in [0, 0.1) is 0 Å². The Balaban J connectivity index is 0.00000196. The predicted molar refractivity (Wildman–Crippen MR) is 174 cm³/mol. The zero-order valence-corrected chi connectivity index (χ0v) is 26.2. The standard InChI is InChI=1S/C34H32N4O5.C2H6/c1-22(39)36(19-21-38-33(42)27-14-5-10-24-11-6-15-28(30(24)27)34(38)43)17-7-16-35(2)18-20-37-31(40)25-12-3-8-23-9-4-13-26(29(23)25)32(37)41;1-2/h3-6,8-15H,7,16-21H2,1-2H3;1-2H3. The van der Waals surface area contributed by atoms with E-state index < -0.39 is 0 Å². The minimum atomic E-state index is -0.349. The molecule has 45 heavy (non-hydrogen) atoms. The monoisotopic (exact) mass is 606 g/mol. The van der Waals surface area contributed by atoms with Crippen LogP contribution in [-0.4, -0.2) is 95.5 Å². The van der Waals surface area contributed by atoms with E-state index in [9.17, 15) is 24.0 Å². The van der Waals surface area contributed by atoms with E-state index in [4.69, 9.17) is 0 Å². The van der Waals surface area contributed by atoms with Gasteiger partial charge in [0, 0.05) is 72.7 Å². The van der Waals surface area contributed by atoms with E-state index >= 15 is 0 Å². The molecule has 0 aliphatic carbocycles. The summed E-state index contributed by atoms with van der Waals surface area (Å²) >= 11 is 0. The molecular formula is C36H38N4O5. The van der Waals surface area contributed by atoms with Gasteiger partial charge in [0.15, 0.2) is 0 Å². The second-order valence-corrected chi connectivity index (χ2v) is 11.1. The van der Waals surface area contributed by atoms with Crippen molar-refractivity contribution >= 4 is 51.1 Å². The Labute approximate surface area is 263 Å². The quantitative estimate of drug-likeness (QED) is 0.234. The fourth-order valence-corrected chi connectivity index (χ4v) is 6.13. The molecule has 0 radical (unpaired) electrons. The van der Waals surface area contributed by atoms with Crippen molar-refractivity contribution in [2.75, 3.05) is 46.3 Å². The van der Waals surface area contributed by atoms with Gasteiger partial charge in [-0.1, -0.05) is 62.4 Å². The largest absolute Gasteiger partial charge is 0.341 e. The van der Waals surface area contributed by atoms with Crippen molar-refractivity contribution in [1.82, 2.24) is 19.6 Å². The first-order valence-corrected chi connectivity index (χ1v) is 15.5. The molecule has 4 aromatic carbocycles. The summed E-state index contributed by atoms with van der Waals surface area (Å²) in [6, 6.07) is 21.8. The fraction of sp³-hybridized carbons (Fsp3) is 0.306. The van der Waals surface area contributed by atoms with Crippen LogP contribution in [0.5, 0.6) is 0 Å². The molecule has 0 saturated carbocycles. The number of imide groups is 2. The molecule has 0 saturated heterocycles.